The Bertz CT molecular complexity index is 524. The molecule has 18 heavy (non-hydrogen) atoms. The van der Waals surface area contributed by atoms with Gasteiger partial charge in [-0.1, -0.05) is 25.1 Å². The van der Waals surface area contributed by atoms with Crippen LogP contribution in [-0.4, -0.2) is 19.8 Å². The Morgan fingerprint density at radius 1 is 1.28 bits per heavy atom. The number of hydrogen-bond donors (Lipinski definition) is 1. The highest BCUT2D eigenvalue weighted by molar-refractivity contribution is 7.89. The zero-order chi connectivity index (χ0) is 13.3. The van der Waals surface area contributed by atoms with Gasteiger partial charge in [0.1, 0.15) is 0 Å². The molecule has 1 aromatic rings. The maximum absolute atomic E-state index is 12.3. The topological polar surface area (TPSA) is 46.2 Å². The standard InChI is InChI=1S/C13H18ClNO2S/c1-9(10(2)14)12-5-3-4-6-13(12)18(16,17)15-11-7-8-11/h3-6,9-11,15H,7-8H2,1-2H3. The van der Waals surface area contributed by atoms with Crippen LogP contribution < -0.4 is 4.72 Å². The number of alkyl halides is 1. The zero-order valence-corrected chi connectivity index (χ0v) is 12.1. The first-order valence-electron chi connectivity index (χ1n) is 6.17. The molecule has 0 amide bonds. The quantitative estimate of drug-likeness (QED) is 0.847. The molecule has 0 radical (unpaired) electrons. The SMILES string of the molecule is CC(Cl)C(C)c1ccccc1S(=O)(=O)NC1CC1. The fraction of sp³-hybridized carbons (Fsp3) is 0.538. The van der Waals surface area contributed by atoms with Gasteiger partial charge in [0.15, 0.2) is 0 Å². The molecule has 2 unspecified atom stereocenters. The van der Waals surface area contributed by atoms with E-state index in [2.05, 4.69) is 4.72 Å². The molecule has 1 aliphatic rings. The first-order chi connectivity index (χ1) is 8.42. The van der Waals surface area contributed by atoms with Crippen molar-refractivity contribution in [2.24, 2.45) is 0 Å². The highest BCUT2D eigenvalue weighted by Gasteiger charge is 2.30. The molecule has 0 saturated heterocycles. The Kier molecular flexibility index (Phi) is 3.99. The summed E-state index contributed by atoms with van der Waals surface area (Å²) in [6, 6.07) is 7.20. The Hall–Kier alpha value is -0.580. The van der Waals surface area contributed by atoms with Crippen LogP contribution in [0.5, 0.6) is 0 Å². The number of sulfonamides is 1. The van der Waals surface area contributed by atoms with Crippen LogP contribution in [0.2, 0.25) is 0 Å². The number of nitrogens with one attached hydrogen (secondary N) is 1. The normalized spacial score (nSPS) is 19.5. The van der Waals surface area contributed by atoms with Crippen molar-refractivity contribution < 1.29 is 8.42 Å². The van der Waals surface area contributed by atoms with Gasteiger partial charge >= 0.3 is 0 Å². The molecular weight excluding hydrogens is 270 g/mol. The molecule has 2 rings (SSSR count). The monoisotopic (exact) mass is 287 g/mol. The molecule has 0 spiro atoms. The lowest BCUT2D eigenvalue weighted by Crippen LogP contribution is -2.27. The van der Waals surface area contributed by atoms with Gasteiger partial charge in [0, 0.05) is 11.4 Å². The second-order valence-electron chi connectivity index (χ2n) is 4.90. The van der Waals surface area contributed by atoms with E-state index in [0.29, 0.717) is 4.90 Å². The van der Waals surface area contributed by atoms with Crippen molar-refractivity contribution in [3.05, 3.63) is 29.8 Å². The molecule has 0 heterocycles. The van der Waals surface area contributed by atoms with Crippen LogP contribution in [0, 0.1) is 0 Å². The summed E-state index contributed by atoms with van der Waals surface area (Å²) in [6.07, 6.45) is 1.87. The van der Waals surface area contributed by atoms with E-state index in [-0.39, 0.29) is 17.3 Å². The Morgan fingerprint density at radius 3 is 2.44 bits per heavy atom. The molecular formula is C13H18ClNO2S. The third-order valence-electron chi connectivity index (χ3n) is 3.29. The van der Waals surface area contributed by atoms with Gasteiger partial charge in [-0.25, -0.2) is 13.1 Å². The fourth-order valence-electron chi connectivity index (χ4n) is 1.83. The van der Waals surface area contributed by atoms with Crippen LogP contribution >= 0.6 is 11.6 Å². The third kappa shape index (κ3) is 3.05. The number of benzene rings is 1. The van der Waals surface area contributed by atoms with E-state index in [1.165, 1.54) is 0 Å². The average molecular weight is 288 g/mol. The molecule has 3 nitrogen and oxygen atoms in total. The fourth-order valence-corrected chi connectivity index (χ4v) is 3.59. The van der Waals surface area contributed by atoms with Gasteiger partial charge in [-0.15, -0.1) is 11.6 Å². The van der Waals surface area contributed by atoms with Gasteiger partial charge in [0.25, 0.3) is 0 Å². The van der Waals surface area contributed by atoms with Crippen molar-refractivity contribution in [1.82, 2.24) is 4.72 Å². The lowest BCUT2D eigenvalue weighted by Gasteiger charge is -2.18. The van der Waals surface area contributed by atoms with Gasteiger partial charge in [-0.2, -0.15) is 0 Å². The summed E-state index contributed by atoms with van der Waals surface area (Å²) >= 11 is 6.09. The predicted molar refractivity (Wildman–Crippen MR) is 73.5 cm³/mol. The number of rotatable bonds is 5. The highest BCUT2D eigenvalue weighted by atomic mass is 35.5. The summed E-state index contributed by atoms with van der Waals surface area (Å²) in [4.78, 5) is 0.358. The van der Waals surface area contributed by atoms with Crippen LogP contribution in [0.15, 0.2) is 29.2 Å². The lowest BCUT2D eigenvalue weighted by atomic mass is 9.98. The number of halogens is 1. The minimum atomic E-state index is -3.41. The van der Waals surface area contributed by atoms with Crippen molar-refractivity contribution >= 4 is 21.6 Å². The van der Waals surface area contributed by atoms with E-state index < -0.39 is 10.0 Å². The lowest BCUT2D eigenvalue weighted by molar-refractivity contribution is 0.577. The van der Waals surface area contributed by atoms with E-state index in [0.717, 1.165) is 18.4 Å². The van der Waals surface area contributed by atoms with Crippen LogP contribution in [-0.2, 0) is 10.0 Å². The van der Waals surface area contributed by atoms with Crippen LogP contribution in [0.1, 0.15) is 38.2 Å². The van der Waals surface area contributed by atoms with Gasteiger partial charge in [0.05, 0.1) is 4.90 Å². The summed E-state index contributed by atoms with van der Waals surface area (Å²) < 4.78 is 27.3. The Balaban J connectivity index is 2.37. The molecule has 1 aliphatic carbocycles. The molecule has 100 valence electrons. The van der Waals surface area contributed by atoms with Crippen LogP contribution in [0.25, 0.3) is 0 Å². The first kappa shape index (κ1) is 13.8. The second kappa shape index (κ2) is 5.19. The van der Waals surface area contributed by atoms with Gasteiger partial charge in [-0.3, -0.25) is 0 Å². The van der Waals surface area contributed by atoms with E-state index >= 15 is 0 Å². The molecule has 1 aromatic carbocycles. The molecule has 0 aromatic heterocycles. The second-order valence-corrected chi connectivity index (χ2v) is 7.27. The summed E-state index contributed by atoms with van der Waals surface area (Å²) in [5, 5.41) is -0.109. The minimum Gasteiger partial charge on any atom is -0.208 e. The van der Waals surface area contributed by atoms with E-state index in [1.54, 1.807) is 12.1 Å². The molecule has 1 N–H and O–H groups in total. The summed E-state index contributed by atoms with van der Waals surface area (Å²) in [6.45, 7) is 3.83. The largest absolute Gasteiger partial charge is 0.241 e. The molecule has 1 fully saturated rings. The van der Waals surface area contributed by atoms with Crippen molar-refractivity contribution in [3.8, 4) is 0 Å². The Morgan fingerprint density at radius 2 is 1.89 bits per heavy atom. The molecule has 2 atom stereocenters. The van der Waals surface area contributed by atoms with Gasteiger partial charge < -0.3 is 0 Å². The summed E-state index contributed by atoms with van der Waals surface area (Å²) in [5.41, 5.74) is 0.785. The van der Waals surface area contributed by atoms with Gasteiger partial charge in [-0.05, 0) is 37.3 Å². The number of hydrogen-bond acceptors (Lipinski definition) is 2. The van der Waals surface area contributed by atoms with Crippen LogP contribution in [0.3, 0.4) is 0 Å². The van der Waals surface area contributed by atoms with E-state index in [1.807, 2.05) is 26.0 Å². The Labute approximate surface area is 114 Å². The van der Waals surface area contributed by atoms with Crippen molar-refractivity contribution in [3.63, 3.8) is 0 Å². The van der Waals surface area contributed by atoms with Crippen molar-refractivity contribution in [2.45, 2.75) is 48.9 Å². The molecule has 5 heteroatoms. The van der Waals surface area contributed by atoms with E-state index in [9.17, 15) is 8.42 Å². The summed E-state index contributed by atoms with van der Waals surface area (Å²) in [7, 11) is -3.41. The van der Waals surface area contributed by atoms with Gasteiger partial charge in [0.2, 0.25) is 10.0 Å². The predicted octanol–water partition coefficient (Wildman–Crippen LogP) is 2.86. The van der Waals surface area contributed by atoms with Crippen LogP contribution in [0.4, 0.5) is 0 Å². The smallest absolute Gasteiger partial charge is 0.208 e. The average Bonchev–Trinajstić information content (AvgIpc) is 3.11. The molecule has 0 aliphatic heterocycles. The third-order valence-corrected chi connectivity index (χ3v) is 5.26. The maximum Gasteiger partial charge on any atom is 0.241 e. The van der Waals surface area contributed by atoms with E-state index in [4.69, 9.17) is 11.6 Å². The first-order valence-corrected chi connectivity index (χ1v) is 8.09. The molecule has 0 bridgehead atoms. The highest BCUT2D eigenvalue weighted by Crippen LogP contribution is 2.30. The minimum absolute atomic E-state index is 0.00125. The summed E-state index contributed by atoms with van der Waals surface area (Å²) in [5.74, 6) is -0.00125. The van der Waals surface area contributed by atoms with Crippen molar-refractivity contribution in [1.29, 1.82) is 0 Å². The zero-order valence-electron chi connectivity index (χ0n) is 10.6. The molecule has 1 saturated carbocycles. The maximum atomic E-state index is 12.3. The van der Waals surface area contributed by atoms with Crippen molar-refractivity contribution in [2.75, 3.05) is 0 Å².